The largest absolute Gasteiger partial charge is 0.392 e. The fraction of sp³-hybridized carbons (Fsp3) is 0.917. The summed E-state index contributed by atoms with van der Waals surface area (Å²) in [5.41, 5.74) is 5.70. The summed E-state index contributed by atoms with van der Waals surface area (Å²) in [5.74, 6) is 0. The number of hydrogen-bond donors (Lipinski definition) is 1. The molecule has 1 aliphatic heterocycles. The van der Waals surface area contributed by atoms with Gasteiger partial charge in [-0.3, -0.25) is 0 Å². The summed E-state index contributed by atoms with van der Waals surface area (Å²) in [6.45, 7) is 7.28. The van der Waals surface area contributed by atoms with Crippen LogP contribution in [0.2, 0.25) is 0 Å². The van der Waals surface area contributed by atoms with Crippen LogP contribution in [0.5, 0.6) is 0 Å². The smallest absolute Gasteiger partial charge is 0.223 e. The lowest BCUT2D eigenvalue weighted by atomic mass is 9.82. The lowest BCUT2D eigenvalue weighted by Crippen LogP contribution is -2.44. The zero-order chi connectivity index (χ0) is 14.0. The van der Waals surface area contributed by atoms with Gasteiger partial charge in [0, 0.05) is 13.1 Å². The van der Waals surface area contributed by atoms with Gasteiger partial charge >= 0.3 is 0 Å². The SMILES string of the molecule is CCC(C(N)=S)S(=O)(=O)N1CCC(CC)(CC)C1. The minimum Gasteiger partial charge on any atom is -0.392 e. The van der Waals surface area contributed by atoms with E-state index in [0.717, 1.165) is 19.3 Å². The monoisotopic (exact) mass is 292 g/mol. The number of nitrogens with zero attached hydrogens (tertiary/aromatic N) is 1. The van der Waals surface area contributed by atoms with Gasteiger partial charge in [-0.1, -0.05) is 33.0 Å². The second kappa shape index (κ2) is 5.84. The Balaban J connectivity index is 2.93. The molecular weight excluding hydrogens is 268 g/mol. The summed E-state index contributed by atoms with van der Waals surface area (Å²) in [4.78, 5) is 0.0861. The highest BCUT2D eigenvalue weighted by atomic mass is 32.2. The summed E-state index contributed by atoms with van der Waals surface area (Å²) in [5, 5.41) is -0.711. The maximum Gasteiger partial charge on any atom is 0.223 e. The van der Waals surface area contributed by atoms with E-state index in [4.69, 9.17) is 18.0 Å². The predicted octanol–water partition coefficient (Wildman–Crippen LogP) is 1.89. The van der Waals surface area contributed by atoms with Gasteiger partial charge < -0.3 is 5.73 Å². The molecule has 1 atom stereocenters. The average molecular weight is 292 g/mol. The first-order valence-electron chi connectivity index (χ1n) is 6.61. The molecule has 0 aromatic rings. The molecule has 0 aromatic heterocycles. The zero-order valence-corrected chi connectivity index (χ0v) is 13.1. The topological polar surface area (TPSA) is 63.4 Å². The van der Waals surface area contributed by atoms with E-state index in [1.807, 2.05) is 6.92 Å². The molecule has 4 nitrogen and oxygen atoms in total. The second-order valence-corrected chi connectivity index (χ2v) is 7.72. The first-order chi connectivity index (χ1) is 8.33. The zero-order valence-electron chi connectivity index (χ0n) is 11.5. The molecule has 0 aromatic carbocycles. The molecule has 1 aliphatic rings. The Bertz CT molecular complexity index is 402. The van der Waals surface area contributed by atoms with Crippen molar-refractivity contribution < 1.29 is 8.42 Å². The van der Waals surface area contributed by atoms with E-state index in [-0.39, 0.29) is 10.4 Å². The molecule has 0 saturated carbocycles. The molecule has 0 amide bonds. The number of hydrogen-bond acceptors (Lipinski definition) is 3. The quantitative estimate of drug-likeness (QED) is 0.759. The number of thiocarbonyl (C=S) groups is 1. The van der Waals surface area contributed by atoms with E-state index in [9.17, 15) is 8.42 Å². The van der Waals surface area contributed by atoms with Gasteiger partial charge in [-0.2, -0.15) is 0 Å². The standard InChI is InChI=1S/C12H24N2O2S2/c1-4-10(11(13)17)18(15,16)14-8-7-12(5-2,6-3)9-14/h10H,4-9H2,1-3H3,(H2,13,17). The van der Waals surface area contributed by atoms with Crippen molar-refractivity contribution in [2.45, 2.75) is 51.7 Å². The molecule has 18 heavy (non-hydrogen) atoms. The van der Waals surface area contributed by atoms with Crippen LogP contribution in [-0.4, -0.2) is 36.1 Å². The molecule has 106 valence electrons. The van der Waals surface area contributed by atoms with E-state index in [0.29, 0.717) is 19.5 Å². The molecule has 1 fully saturated rings. The molecule has 1 heterocycles. The predicted molar refractivity (Wildman–Crippen MR) is 79.0 cm³/mol. The van der Waals surface area contributed by atoms with Crippen LogP contribution >= 0.6 is 12.2 Å². The van der Waals surface area contributed by atoms with Gasteiger partial charge in [-0.15, -0.1) is 0 Å². The lowest BCUT2D eigenvalue weighted by Gasteiger charge is -2.27. The normalized spacial score (nSPS) is 21.9. The van der Waals surface area contributed by atoms with E-state index < -0.39 is 15.3 Å². The van der Waals surface area contributed by atoms with Gasteiger partial charge in [0.1, 0.15) is 5.25 Å². The van der Waals surface area contributed by atoms with Crippen molar-refractivity contribution in [3.8, 4) is 0 Å². The van der Waals surface area contributed by atoms with E-state index in [1.54, 1.807) is 4.31 Å². The Labute approximate surface area is 116 Å². The van der Waals surface area contributed by atoms with Crippen LogP contribution in [-0.2, 0) is 10.0 Å². The van der Waals surface area contributed by atoms with Crippen LogP contribution in [0.25, 0.3) is 0 Å². The molecule has 2 N–H and O–H groups in total. The first-order valence-corrected chi connectivity index (χ1v) is 8.52. The molecule has 0 aliphatic carbocycles. The van der Waals surface area contributed by atoms with E-state index in [1.165, 1.54) is 0 Å². The minimum atomic E-state index is -3.37. The number of sulfonamides is 1. The Morgan fingerprint density at radius 2 is 1.94 bits per heavy atom. The maximum absolute atomic E-state index is 12.5. The van der Waals surface area contributed by atoms with Crippen molar-refractivity contribution in [1.29, 1.82) is 0 Å². The Morgan fingerprint density at radius 3 is 2.28 bits per heavy atom. The van der Waals surface area contributed by atoms with Crippen LogP contribution < -0.4 is 5.73 Å². The molecular formula is C12H24N2O2S2. The van der Waals surface area contributed by atoms with Gasteiger partial charge in [-0.25, -0.2) is 12.7 Å². The van der Waals surface area contributed by atoms with Crippen LogP contribution in [0.1, 0.15) is 46.5 Å². The number of nitrogens with two attached hydrogens (primary N) is 1. The van der Waals surface area contributed by atoms with Crippen LogP contribution in [0, 0.1) is 5.41 Å². The van der Waals surface area contributed by atoms with Crippen molar-refractivity contribution in [2.24, 2.45) is 11.1 Å². The second-order valence-electron chi connectivity index (χ2n) is 5.13. The van der Waals surface area contributed by atoms with Crippen LogP contribution in [0.4, 0.5) is 0 Å². The highest BCUT2D eigenvalue weighted by Crippen LogP contribution is 2.38. The van der Waals surface area contributed by atoms with Crippen LogP contribution in [0.15, 0.2) is 0 Å². The van der Waals surface area contributed by atoms with E-state index >= 15 is 0 Å². The molecule has 6 heteroatoms. The van der Waals surface area contributed by atoms with Crippen molar-refractivity contribution in [3.05, 3.63) is 0 Å². The highest BCUT2D eigenvalue weighted by Gasteiger charge is 2.43. The van der Waals surface area contributed by atoms with Gasteiger partial charge in [0.2, 0.25) is 10.0 Å². The van der Waals surface area contributed by atoms with Crippen molar-refractivity contribution in [1.82, 2.24) is 4.31 Å². The number of rotatable bonds is 6. The summed E-state index contributed by atoms with van der Waals surface area (Å²) in [6.07, 6.45) is 3.41. The maximum atomic E-state index is 12.5. The molecule has 1 unspecified atom stereocenters. The van der Waals surface area contributed by atoms with Crippen molar-refractivity contribution >= 4 is 27.2 Å². The first kappa shape index (κ1) is 15.9. The van der Waals surface area contributed by atoms with Gasteiger partial charge in [-0.05, 0) is 31.1 Å². The third kappa shape index (κ3) is 2.86. The summed E-state index contributed by atoms with van der Waals surface area (Å²) in [6, 6.07) is 0. The molecule has 1 saturated heterocycles. The van der Waals surface area contributed by atoms with Crippen LogP contribution in [0.3, 0.4) is 0 Å². The van der Waals surface area contributed by atoms with Crippen molar-refractivity contribution in [3.63, 3.8) is 0 Å². The third-order valence-electron chi connectivity index (χ3n) is 4.31. The third-order valence-corrected chi connectivity index (χ3v) is 7.08. The Morgan fingerprint density at radius 1 is 1.39 bits per heavy atom. The molecule has 0 bridgehead atoms. The summed E-state index contributed by atoms with van der Waals surface area (Å²) < 4.78 is 26.6. The highest BCUT2D eigenvalue weighted by molar-refractivity contribution is 7.92. The molecule has 0 radical (unpaired) electrons. The average Bonchev–Trinajstić information content (AvgIpc) is 2.74. The van der Waals surface area contributed by atoms with Gasteiger partial charge in [0.25, 0.3) is 0 Å². The molecule has 0 spiro atoms. The summed E-state index contributed by atoms with van der Waals surface area (Å²) >= 11 is 4.89. The van der Waals surface area contributed by atoms with Gasteiger partial charge in [0.05, 0.1) is 4.99 Å². The Hall–Kier alpha value is -0.200. The van der Waals surface area contributed by atoms with E-state index in [2.05, 4.69) is 13.8 Å². The summed E-state index contributed by atoms with van der Waals surface area (Å²) in [7, 11) is -3.37. The fourth-order valence-electron chi connectivity index (χ4n) is 2.68. The fourth-order valence-corrected chi connectivity index (χ4v) is 5.08. The van der Waals surface area contributed by atoms with Crippen molar-refractivity contribution in [2.75, 3.05) is 13.1 Å². The molecule has 1 rings (SSSR count). The lowest BCUT2D eigenvalue weighted by molar-refractivity contribution is 0.279. The Kier molecular flexibility index (Phi) is 5.14. The minimum absolute atomic E-state index is 0.0861. The van der Waals surface area contributed by atoms with Gasteiger partial charge in [0.15, 0.2) is 0 Å².